The molecule has 23 heavy (non-hydrogen) atoms. The van der Waals surface area contributed by atoms with Crippen molar-refractivity contribution >= 4 is 39.1 Å². The van der Waals surface area contributed by atoms with Gasteiger partial charge in [0.25, 0.3) is 0 Å². The molecule has 0 atom stereocenters. The maximum Gasteiger partial charge on any atom is 0.338 e. The molecule has 0 radical (unpaired) electrons. The average molecular weight is 363 g/mol. The summed E-state index contributed by atoms with van der Waals surface area (Å²) in [5.74, 6) is -0.702. The fourth-order valence-corrected chi connectivity index (χ4v) is 2.18. The minimum Gasteiger partial charge on any atom is -0.459 e. The zero-order valence-corrected chi connectivity index (χ0v) is 14.6. The molecule has 0 aliphatic heterocycles. The molecule has 1 aromatic carbocycles. The smallest absolute Gasteiger partial charge is 0.338 e. The van der Waals surface area contributed by atoms with E-state index in [4.69, 9.17) is 16.3 Å². The highest BCUT2D eigenvalue weighted by Crippen LogP contribution is 2.23. The molecule has 9 heteroatoms. The Morgan fingerprint density at radius 1 is 1.30 bits per heavy atom. The van der Waals surface area contributed by atoms with E-state index in [1.165, 1.54) is 18.2 Å². The molecule has 0 aliphatic rings. The fourth-order valence-electron chi connectivity index (χ4n) is 1.55. The molecule has 0 saturated carbocycles. The summed E-state index contributed by atoms with van der Waals surface area (Å²) in [5, 5.41) is 5.09. The normalized spacial score (nSPS) is 11.2. The highest BCUT2D eigenvalue weighted by atomic mass is 35.5. The van der Waals surface area contributed by atoms with Crippen molar-refractivity contribution in [3.63, 3.8) is 0 Å². The molecule has 0 aromatic heterocycles. The second-order valence-corrected chi connectivity index (χ2v) is 7.83. The number of nitrogens with one attached hydrogen (secondary N) is 2. The van der Waals surface area contributed by atoms with E-state index in [1.54, 1.807) is 13.8 Å². The predicted octanol–water partition coefficient (Wildman–Crippen LogP) is 2.07. The van der Waals surface area contributed by atoms with Crippen LogP contribution in [0.5, 0.6) is 0 Å². The van der Waals surface area contributed by atoms with E-state index in [1.807, 2.05) is 0 Å². The van der Waals surface area contributed by atoms with Gasteiger partial charge >= 0.3 is 12.0 Å². The third-order valence-electron chi connectivity index (χ3n) is 2.55. The Hall–Kier alpha value is -1.80. The number of carbonyl (C=O) groups is 2. The first-order valence-corrected chi connectivity index (χ1v) is 9.25. The maximum atomic E-state index is 11.8. The second kappa shape index (κ2) is 8.16. The molecule has 2 amide bonds. The molecule has 1 rings (SSSR count). The number of amides is 2. The van der Waals surface area contributed by atoms with Crippen LogP contribution in [0.1, 0.15) is 24.2 Å². The zero-order chi connectivity index (χ0) is 17.6. The van der Waals surface area contributed by atoms with Crippen LogP contribution in [0.25, 0.3) is 0 Å². The molecule has 0 spiro atoms. The molecular formula is C14H19ClN2O5S. The van der Waals surface area contributed by atoms with Crippen LogP contribution < -0.4 is 10.6 Å². The molecule has 0 heterocycles. The van der Waals surface area contributed by atoms with Gasteiger partial charge in [-0.15, -0.1) is 0 Å². The molecule has 128 valence electrons. The Kier molecular flexibility index (Phi) is 6.83. The van der Waals surface area contributed by atoms with Crippen LogP contribution in [0.4, 0.5) is 10.5 Å². The molecule has 0 unspecified atom stereocenters. The fraction of sp³-hybridized carbons (Fsp3) is 0.429. The summed E-state index contributed by atoms with van der Waals surface area (Å²) in [7, 11) is -3.16. The van der Waals surface area contributed by atoms with Crippen molar-refractivity contribution < 1.29 is 22.7 Å². The van der Waals surface area contributed by atoms with Gasteiger partial charge in [0.2, 0.25) is 0 Å². The van der Waals surface area contributed by atoms with Crippen LogP contribution in [0, 0.1) is 0 Å². The summed E-state index contributed by atoms with van der Waals surface area (Å²) >= 11 is 5.97. The van der Waals surface area contributed by atoms with E-state index in [0.29, 0.717) is 0 Å². The van der Waals surface area contributed by atoms with Gasteiger partial charge in [0.15, 0.2) is 0 Å². The number of sulfone groups is 1. The topological polar surface area (TPSA) is 102 Å². The third-order valence-corrected chi connectivity index (χ3v) is 3.83. The Morgan fingerprint density at radius 3 is 2.52 bits per heavy atom. The summed E-state index contributed by atoms with van der Waals surface area (Å²) in [4.78, 5) is 23.5. The van der Waals surface area contributed by atoms with Crippen molar-refractivity contribution in [2.75, 3.05) is 23.9 Å². The molecule has 0 bridgehead atoms. The van der Waals surface area contributed by atoms with Gasteiger partial charge in [-0.3, -0.25) is 0 Å². The number of hydrogen-bond acceptors (Lipinski definition) is 5. The lowest BCUT2D eigenvalue weighted by Crippen LogP contribution is -2.32. The maximum absolute atomic E-state index is 11.8. The molecule has 2 N–H and O–H groups in total. The molecular weight excluding hydrogens is 344 g/mol. The number of urea groups is 1. The minimum absolute atomic E-state index is 0.0304. The van der Waals surface area contributed by atoms with Crippen molar-refractivity contribution in [1.29, 1.82) is 0 Å². The van der Waals surface area contributed by atoms with Gasteiger partial charge in [-0.2, -0.15) is 0 Å². The monoisotopic (exact) mass is 362 g/mol. The van der Waals surface area contributed by atoms with E-state index in [9.17, 15) is 18.0 Å². The van der Waals surface area contributed by atoms with Crippen LogP contribution in [0.2, 0.25) is 5.02 Å². The van der Waals surface area contributed by atoms with Crippen LogP contribution >= 0.6 is 11.6 Å². The molecule has 1 aromatic rings. The van der Waals surface area contributed by atoms with Crippen molar-refractivity contribution in [2.24, 2.45) is 0 Å². The summed E-state index contributed by atoms with van der Waals surface area (Å²) in [6, 6.07) is 3.72. The lowest BCUT2D eigenvalue weighted by atomic mass is 10.2. The summed E-state index contributed by atoms with van der Waals surface area (Å²) in [6.45, 7) is 3.42. The largest absolute Gasteiger partial charge is 0.459 e. The average Bonchev–Trinajstić information content (AvgIpc) is 2.38. The predicted molar refractivity (Wildman–Crippen MR) is 88.7 cm³/mol. The number of esters is 1. The molecule has 0 fully saturated rings. The van der Waals surface area contributed by atoms with E-state index in [-0.39, 0.29) is 34.7 Å². The van der Waals surface area contributed by atoms with E-state index in [0.717, 1.165) is 6.26 Å². The number of benzene rings is 1. The Bertz CT molecular complexity index is 688. The van der Waals surface area contributed by atoms with E-state index < -0.39 is 21.8 Å². The first-order chi connectivity index (χ1) is 10.6. The van der Waals surface area contributed by atoms with Crippen LogP contribution in [0.15, 0.2) is 18.2 Å². The number of halogens is 1. The Morgan fingerprint density at radius 2 is 1.96 bits per heavy atom. The van der Waals surface area contributed by atoms with Crippen molar-refractivity contribution in [3.05, 3.63) is 28.8 Å². The third kappa shape index (κ3) is 7.34. The number of hydrogen-bond donors (Lipinski definition) is 2. The first-order valence-electron chi connectivity index (χ1n) is 6.81. The van der Waals surface area contributed by atoms with Gasteiger partial charge in [0.05, 0.1) is 28.1 Å². The number of carbonyl (C=O) groups excluding carboxylic acids is 2. The minimum atomic E-state index is -3.16. The Balaban J connectivity index is 2.72. The summed E-state index contributed by atoms with van der Waals surface area (Å²) in [6.07, 6.45) is 0.807. The highest BCUT2D eigenvalue weighted by Gasteiger charge is 2.13. The standard InChI is InChI=1S/C14H19ClN2O5S/c1-9(2)22-13(18)10-4-5-11(15)12(8-10)17-14(19)16-6-7-23(3,20)21/h4-5,8-9H,6-7H2,1-3H3,(H2,16,17,19). The highest BCUT2D eigenvalue weighted by molar-refractivity contribution is 7.90. The SMILES string of the molecule is CC(C)OC(=O)c1ccc(Cl)c(NC(=O)NCCS(C)(=O)=O)c1. The second-order valence-electron chi connectivity index (χ2n) is 5.16. The summed E-state index contributed by atoms with van der Waals surface area (Å²) < 4.78 is 27.0. The first kappa shape index (κ1) is 19.2. The van der Waals surface area contributed by atoms with Gasteiger partial charge < -0.3 is 15.4 Å². The van der Waals surface area contributed by atoms with Crippen LogP contribution in [-0.2, 0) is 14.6 Å². The summed E-state index contributed by atoms with van der Waals surface area (Å²) in [5.41, 5.74) is 0.469. The van der Waals surface area contributed by atoms with Gasteiger partial charge in [0, 0.05) is 12.8 Å². The van der Waals surface area contributed by atoms with Crippen LogP contribution in [0.3, 0.4) is 0 Å². The van der Waals surface area contributed by atoms with Gasteiger partial charge in [0.1, 0.15) is 9.84 Å². The van der Waals surface area contributed by atoms with Crippen LogP contribution in [-0.4, -0.2) is 45.1 Å². The van der Waals surface area contributed by atoms with Gasteiger partial charge in [-0.05, 0) is 32.0 Å². The molecule has 0 aliphatic carbocycles. The Labute approximate surface area is 140 Å². The lowest BCUT2D eigenvalue weighted by molar-refractivity contribution is 0.0378. The number of anilines is 1. The van der Waals surface area contributed by atoms with Gasteiger partial charge in [-0.1, -0.05) is 11.6 Å². The zero-order valence-electron chi connectivity index (χ0n) is 13.1. The van der Waals surface area contributed by atoms with E-state index >= 15 is 0 Å². The quantitative estimate of drug-likeness (QED) is 0.754. The van der Waals surface area contributed by atoms with Crippen molar-refractivity contribution in [2.45, 2.75) is 20.0 Å². The van der Waals surface area contributed by atoms with Gasteiger partial charge in [-0.25, -0.2) is 18.0 Å². The molecule has 0 saturated heterocycles. The van der Waals surface area contributed by atoms with Crippen molar-refractivity contribution in [3.8, 4) is 0 Å². The number of rotatable bonds is 6. The molecule has 7 nitrogen and oxygen atoms in total. The lowest BCUT2D eigenvalue weighted by Gasteiger charge is -2.11. The van der Waals surface area contributed by atoms with E-state index in [2.05, 4.69) is 10.6 Å². The number of ether oxygens (including phenoxy) is 1. The van der Waals surface area contributed by atoms with Crippen molar-refractivity contribution in [1.82, 2.24) is 5.32 Å².